The highest BCUT2D eigenvalue weighted by atomic mass is 16.5. The van der Waals surface area contributed by atoms with E-state index < -0.39 is 0 Å². The molecule has 0 aliphatic rings. The van der Waals surface area contributed by atoms with E-state index in [-0.39, 0.29) is 17.8 Å². The van der Waals surface area contributed by atoms with E-state index in [2.05, 4.69) is 20.8 Å². The maximum Gasteiger partial charge on any atom is 0.158 e. The monoisotopic (exact) mass is 215 g/mol. The summed E-state index contributed by atoms with van der Waals surface area (Å²) >= 11 is 0. The van der Waals surface area contributed by atoms with Crippen LogP contribution < -0.4 is 0 Å². The number of likely N-dealkylation sites (N-methyl/N-ethyl adjacent to an activating group) is 1. The van der Waals surface area contributed by atoms with Gasteiger partial charge in [-0.15, -0.1) is 0 Å². The minimum atomic E-state index is 0.212. The number of rotatable bonds is 7. The topological polar surface area (TPSA) is 29.5 Å². The van der Waals surface area contributed by atoms with Crippen LogP contribution in [0.5, 0.6) is 0 Å². The Morgan fingerprint density at radius 2 is 1.87 bits per heavy atom. The molecule has 0 fully saturated rings. The van der Waals surface area contributed by atoms with E-state index in [0.29, 0.717) is 13.0 Å². The lowest BCUT2D eigenvalue weighted by Gasteiger charge is -2.17. The molecular weight excluding hydrogens is 190 g/mol. The highest BCUT2D eigenvalue weighted by Gasteiger charge is 2.12. The fraction of sp³-hybridized carbons (Fsp3) is 0.917. The lowest BCUT2D eigenvalue weighted by Crippen LogP contribution is -2.20. The van der Waals surface area contributed by atoms with Crippen LogP contribution in [0.15, 0.2) is 0 Å². The summed E-state index contributed by atoms with van der Waals surface area (Å²) in [6.45, 7) is 8.21. The van der Waals surface area contributed by atoms with E-state index in [4.69, 9.17) is 4.74 Å². The second-order valence-corrected chi connectivity index (χ2v) is 5.46. The summed E-state index contributed by atoms with van der Waals surface area (Å²) in [4.78, 5) is 13.4. The molecule has 0 aliphatic carbocycles. The highest BCUT2D eigenvalue weighted by Crippen LogP contribution is 2.20. The van der Waals surface area contributed by atoms with Gasteiger partial charge in [-0.05, 0) is 25.9 Å². The number of carbonyl (C=O) groups is 1. The summed E-state index contributed by atoms with van der Waals surface area (Å²) in [6, 6.07) is 0. The van der Waals surface area contributed by atoms with Gasteiger partial charge in [-0.2, -0.15) is 0 Å². The first-order valence-corrected chi connectivity index (χ1v) is 5.55. The molecule has 0 bridgehead atoms. The van der Waals surface area contributed by atoms with Crippen molar-refractivity contribution >= 4 is 5.78 Å². The summed E-state index contributed by atoms with van der Waals surface area (Å²) in [7, 11) is 3.98. The van der Waals surface area contributed by atoms with Gasteiger partial charge >= 0.3 is 0 Å². The molecule has 0 radical (unpaired) electrons. The number of ketones is 1. The Hall–Kier alpha value is -0.410. The van der Waals surface area contributed by atoms with Crippen molar-refractivity contribution in [2.24, 2.45) is 5.41 Å². The maximum absolute atomic E-state index is 11.4. The van der Waals surface area contributed by atoms with Crippen LogP contribution in [-0.2, 0) is 9.53 Å². The van der Waals surface area contributed by atoms with Crippen LogP contribution in [0, 0.1) is 5.41 Å². The third-order valence-electron chi connectivity index (χ3n) is 2.10. The molecule has 0 aromatic heterocycles. The number of Topliss-reactive ketones (excluding diaryl/α,β-unsaturated/α-hetero) is 1. The molecule has 0 unspecified atom stereocenters. The van der Waals surface area contributed by atoms with Crippen LogP contribution in [-0.4, -0.2) is 44.5 Å². The van der Waals surface area contributed by atoms with Gasteiger partial charge in [0.25, 0.3) is 0 Å². The van der Waals surface area contributed by atoms with Crippen molar-refractivity contribution in [3.8, 4) is 0 Å². The third-order valence-corrected chi connectivity index (χ3v) is 2.10. The van der Waals surface area contributed by atoms with Gasteiger partial charge in [-0.3, -0.25) is 4.79 Å². The summed E-state index contributed by atoms with van der Waals surface area (Å²) in [6.07, 6.45) is 1.56. The fourth-order valence-electron chi connectivity index (χ4n) is 1.02. The Morgan fingerprint density at radius 3 is 2.33 bits per heavy atom. The zero-order valence-electron chi connectivity index (χ0n) is 10.8. The molecule has 0 saturated carbocycles. The second-order valence-electron chi connectivity index (χ2n) is 5.46. The van der Waals surface area contributed by atoms with E-state index >= 15 is 0 Å². The average Bonchev–Trinajstić information content (AvgIpc) is 2.07. The predicted molar refractivity (Wildman–Crippen MR) is 63.1 cm³/mol. The molecule has 3 heteroatoms. The standard InChI is InChI=1S/C12H25NO2/c1-12(2,3)7-6-11(14)10-15-9-8-13(4)5/h6-10H2,1-5H3. The van der Waals surface area contributed by atoms with Crippen molar-refractivity contribution < 1.29 is 9.53 Å². The van der Waals surface area contributed by atoms with Crippen LogP contribution in [0.2, 0.25) is 0 Å². The highest BCUT2D eigenvalue weighted by molar-refractivity contribution is 5.79. The lowest BCUT2D eigenvalue weighted by atomic mass is 9.90. The van der Waals surface area contributed by atoms with Gasteiger partial charge in [0, 0.05) is 13.0 Å². The summed E-state index contributed by atoms with van der Waals surface area (Å²) in [5.41, 5.74) is 0.235. The van der Waals surface area contributed by atoms with Gasteiger partial charge in [0.15, 0.2) is 5.78 Å². The average molecular weight is 215 g/mol. The Balaban J connectivity index is 3.42. The first-order valence-electron chi connectivity index (χ1n) is 5.55. The number of carbonyl (C=O) groups excluding carboxylic acids is 1. The molecule has 0 heterocycles. The molecule has 15 heavy (non-hydrogen) atoms. The Labute approximate surface area is 93.8 Å². The van der Waals surface area contributed by atoms with Crippen LogP contribution in [0.4, 0.5) is 0 Å². The number of ether oxygens (including phenoxy) is 1. The quantitative estimate of drug-likeness (QED) is 0.608. The molecule has 0 atom stereocenters. The third kappa shape index (κ3) is 11.5. The number of nitrogens with zero attached hydrogens (tertiary/aromatic N) is 1. The van der Waals surface area contributed by atoms with Crippen molar-refractivity contribution in [1.82, 2.24) is 4.90 Å². The van der Waals surface area contributed by atoms with Crippen molar-refractivity contribution in [3.63, 3.8) is 0 Å². The Bertz CT molecular complexity index is 183. The van der Waals surface area contributed by atoms with Crippen molar-refractivity contribution in [1.29, 1.82) is 0 Å². The Morgan fingerprint density at radius 1 is 1.27 bits per heavy atom. The van der Waals surface area contributed by atoms with Gasteiger partial charge in [0.1, 0.15) is 6.61 Å². The van der Waals surface area contributed by atoms with Crippen molar-refractivity contribution in [3.05, 3.63) is 0 Å². The maximum atomic E-state index is 11.4. The minimum Gasteiger partial charge on any atom is -0.372 e. The van der Waals surface area contributed by atoms with E-state index in [1.54, 1.807) is 0 Å². The summed E-state index contributed by atoms with van der Waals surface area (Å²) in [5.74, 6) is 0.212. The Kier molecular flexibility index (Phi) is 6.77. The molecule has 3 nitrogen and oxygen atoms in total. The smallest absolute Gasteiger partial charge is 0.158 e. The van der Waals surface area contributed by atoms with Crippen molar-refractivity contribution in [2.45, 2.75) is 33.6 Å². The van der Waals surface area contributed by atoms with E-state index in [9.17, 15) is 4.79 Å². The van der Waals surface area contributed by atoms with Crippen LogP contribution >= 0.6 is 0 Å². The fourth-order valence-corrected chi connectivity index (χ4v) is 1.02. The first-order chi connectivity index (χ1) is 6.81. The number of hydrogen-bond donors (Lipinski definition) is 0. The molecule has 0 rings (SSSR count). The molecule has 0 saturated heterocycles. The van der Waals surface area contributed by atoms with Gasteiger partial charge in [-0.1, -0.05) is 20.8 Å². The molecule has 90 valence electrons. The lowest BCUT2D eigenvalue weighted by molar-refractivity contribution is -0.124. The molecular formula is C12H25NO2. The largest absolute Gasteiger partial charge is 0.372 e. The number of hydrogen-bond acceptors (Lipinski definition) is 3. The van der Waals surface area contributed by atoms with Gasteiger partial charge in [-0.25, -0.2) is 0 Å². The summed E-state index contributed by atoms with van der Waals surface area (Å²) in [5, 5.41) is 0. The SMILES string of the molecule is CN(C)CCOCC(=O)CCC(C)(C)C. The summed E-state index contributed by atoms with van der Waals surface area (Å²) < 4.78 is 5.28. The van der Waals surface area contributed by atoms with Crippen LogP contribution in [0.3, 0.4) is 0 Å². The second kappa shape index (κ2) is 6.96. The van der Waals surface area contributed by atoms with Crippen LogP contribution in [0.25, 0.3) is 0 Å². The van der Waals surface area contributed by atoms with Gasteiger partial charge in [0.2, 0.25) is 0 Å². The first kappa shape index (κ1) is 14.6. The van der Waals surface area contributed by atoms with Crippen molar-refractivity contribution in [2.75, 3.05) is 33.9 Å². The predicted octanol–water partition coefficient (Wildman–Crippen LogP) is 1.96. The van der Waals surface area contributed by atoms with E-state index in [0.717, 1.165) is 13.0 Å². The minimum absolute atomic E-state index is 0.212. The molecule has 0 aromatic rings. The normalized spacial score (nSPS) is 12.1. The zero-order chi connectivity index (χ0) is 11.9. The van der Waals surface area contributed by atoms with E-state index in [1.165, 1.54) is 0 Å². The molecule has 0 aliphatic heterocycles. The van der Waals surface area contributed by atoms with E-state index in [1.807, 2.05) is 19.0 Å². The van der Waals surface area contributed by atoms with Gasteiger partial charge < -0.3 is 9.64 Å². The molecule has 0 aromatic carbocycles. The molecule has 0 spiro atoms. The molecule has 0 amide bonds. The zero-order valence-corrected chi connectivity index (χ0v) is 10.8. The van der Waals surface area contributed by atoms with Gasteiger partial charge in [0.05, 0.1) is 6.61 Å². The van der Waals surface area contributed by atoms with Crippen LogP contribution in [0.1, 0.15) is 33.6 Å². The molecule has 0 N–H and O–H groups in total.